The second-order valence-electron chi connectivity index (χ2n) is 12.2. The Labute approximate surface area is 230 Å². The van der Waals surface area contributed by atoms with Crippen LogP contribution in [0.1, 0.15) is 81.5 Å². The molecule has 5 heterocycles. The lowest BCUT2D eigenvalue weighted by molar-refractivity contribution is 0.0981. The fraction of sp³-hybridized carbons (Fsp3) is 0.448. The van der Waals surface area contributed by atoms with Crippen molar-refractivity contribution >= 4 is 27.6 Å². The molecule has 206 valence electrons. The largest absolute Gasteiger partial charge is 0.363 e. The Hall–Kier alpha value is -3.53. The molecule has 0 radical (unpaired) electrons. The summed E-state index contributed by atoms with van der Waals surface area (Å²) in [5, 5.41) is 3.19. The van der Waals surface area contributed by atoms with Gasteiger partial charge in [0.05, 0.1) is 11.6 Å². The average molecular weight is 549 g/mol. The van der Waals surface area contributed by atoms with E-state index in [4.69, 9.17) is 4.98 Å². The number of sulfonamides is 1. The molecule has 5 rings (SSSR count). The monoisotopic (exact) mass is 548 g/mol. The van der Waals surface area contributed by atoms with Gasteiger partial charge in [-0.2, -0.15) is 8.42 Å². The van der Waals surface area contributed by atoms with Gasteiger partial charge in [0.25, 0.3) is 15.9 Å². The van der Waals surface area contributed by atoms with Crippen LogP contribution < -0.4 is 14.9 Å². The van der Waals surface area contributed by atoms with Gasteiger partial charge in [0.1, 0.15) is 11.6 Å². The van der Waals surface area contributed by atoms with Gasteiger partial charge in [-0.1, -0.05) is 32.9 Å². The molecule has 2 atom stereocenters. The zero-order valence-electron chi connectivity index (χ0n) is 23.1. The smallest absolute Gasteiger partial charge is 0.281 e. The van der Waals surface area contributed by atoms with E-state index in [2.05, 4.69) is 59.5 Å². The number of fused-ring (bicyclic) bond motifs is 6. The number of rotatable bonds is 1. The molecule has 0 unspecified atom stereocenters. The van der Waals surface area contributed by atoms with Crippen molar-refractivity contribution < 1.29 is 13.2 Å². The van der Waals surface area contributed by atoms with Crippen LogP contribution in [0.3, 0.4) is 0 Å². The summed E-state index contributed by atoms with van der Waals surface area (Å²) >= 11 is 0. The van der Waals surface area contributed by atoms with E-state index in [-0.39, 0.29) is 27.6 Å². The lowest BCUT2D eigenvalue weighted by Gasteiger charge is -2.34. The summed E-state index contributed by atoms with van der Waals surface area (Å²) in [5.41, 5.74) is 1.55. The van der Waals surface area contributed by atoms with E-state index < -0.39 is 15.9 Å². The molecule has 3 aromatic heterocycles. The maximum atomic E-state index is 13.5. The van der Waals surface area contributed by atoms with Gasteiger partial charge >= 0.3 is 0 Å². The number of carbonyl (C=O) groups excluding carboxylic acids is 1. The molecule has 1 saturated heterocycles. The first kappa shape index (κ1) is 27.1. The average Bonchev–Trinajstić information content (AvgIpc) is 3.19. The summed E-state index contributed by atoms with van der Waals surface area (Å²) in [7, 11) is -4.24. The highest BCUT2D eigenvalue weighted by atomic mass is 32.2. The van der Waals surface area contributed by atoms with Crippen LogP contribution in [0.5, 0.6) is 0 Å². The zero-order valence-corrected chi connectivity index (χ0v) is 23.9. The van der Waals surface area contributed by atoms with Crippen molar-refractivity contribution in [2.75, 3.05) is 16.8 Å². The van der Waals surface area contributed by atoms with Gasteiger partial charge in [-0.25, -0.2) is 14.7 Å². The number of anilines is 2. The molecule has 0 aliphatic carbocycles. The van der Waals surface area contributed by atoms with E-state index in [1.165, 1.54) is 6.07 Å². The third-order valence-corrected chi connectivity index (χ3v) is 8.83. The number of pyridine rings is 3. The lowest BCUT2D eigenvalue weighted by atomic mass is 9.90. The van der Waals surface area contributed by atoms with E-state index in [0.717, 1.165) is 30.5 Å². The lowest BCUT2D eigenvalue weighted by Crippen LogP contribution is -2.41. The third-order valence-electron chi connectivity index (χ3n) is 7.60. The molecule has 10 heteroatoms. The summed E-state index contributed by atoms with van der Waals surface area (Å²) < 4.78 is 28.9. The predicted octanol–water partition coefficient (Wildman–Crippen LogP) is 4.84. The second kappa shape index (κ2) is 9.89. The van der Waals surface area contributed by atoms with Gasteiger partial charge in [0.2, 0.25) is 0 Å². The number of nitrogens with zero attached hydrogens (tertiary/aromatic N) is 4. The van der Waals surface area contributed by atoms with Crippen LogP contribution in [0, 0.1) is 5.92 Å². The van der Waals surface area contributed by atoms with Crippen molar-refractivity contribution in [3.63, 3.8) is 0 Å². The number of amides is 1. The first-order valence-corrected chi connectivity index (χ1v) is 14.8. The molecule has 0 saturated carbocycles. The molecule has 0 aromatic carbocycles. The van der Waals surface area contributed by atoms with E-state index in [1.54, 1.807) is 30.5 Å². The van der Waals surface area contributed by atoms with Crippen molar-refractivity contribution in [2.24, 2.45) is 5.92 Å². The minimum absolute atomic E-state index is 0.112. The third kappa shape index (κ3) is 5.61. The van der Waals surface area contributed by atoms with Crippen molar-refractivity contribution in [2.45, 2.75) is 75.9 Å². The fourth-order valence-electron chi connectivity index (χ4n) is 5.56. The molecule has 1 amide bonds. The van der Waals surface area contributed by atoms with Gasteiger partial charge in [0, 0.05) is 35.6 Å². The van der Waals surface area contributed by atoms with Crippen molar-refractivity contribution in [1.82, 2.24) is 19.7 Å². The Kier molecular flexibility index (Phi) is 6.86. The Balaban J connectivity index is 1.63. The predicted molar refractivity (Wildman–Crippen MR) is 151 cm³/mol. The Bertz CT molecular complexity index is 1480. The molecule has 2 N–H and O–H groups in total. The first-order valence-electron chi connectivity index (χ1n) is 13.3. The quantitative estimate of drug-likeness (QED) is 0.444. The second-order valence-corrected chi connectivity index (χ2v) is 13.8. The molecule has 9 nitrogen and oxygen atoms in total. The molecule has 1 fully saturated rings. The standard InChI is InChI=1S/C29H36N6O3S/c1-28(2,3)23-14-12-21-26(32-23)35-18-19(16-29(35,4)5)11-13-22(20-8-7-15-30-17-20)31-24-9-6-10-25(33-24)39(37,38)34-27(21)36/h6-10,12,14-15,17,19,22H,11,13,16,18H2,1-5H3,(H,31,33)(H,34,36)/t19-,22-/m0/s1. The summed E-state index contributed by atoms with van der Waals surface area (Å²) in [6.45, 7) is 11.2. The number of nitrogens with one attached hydrogen (secondary N) is 2. The maximum absolute atomic E-state index is 13.5. The Morgan fingerprint density at radius 2 is 1.82 bits per heavy atom. The SMILES string of the molecule is CC(C)(C)c1ccc2c(n1)N1C[C@@H](CC[C@@H](c3cccnc3)Nc3cccc(n3)S(=O)(=O)NC2=O)CC1(C)C. The van der Waals surface area contributed by atoms with Crippen molar-refractivity contribution in [1.29, 1.82) is 0 Å². The van der Waals surface area contributed by atoms with Crippen LogP contribution in [0.25, 0.3) is 0 Å². The highest BCUT2D eigenvalue weighted by Gasteiger charge is 2.41. The fourth-order valence-corrected chi connectivity index (χ4v) is 6.50. The number of aromatic nitrogens is 3. The first-order chi connectivity index (χ1) is 18.3. The van der Waals surface area contributed by atoms with Gasteiger partial charge in [-0.05, 0) is 74.9 Å². The molecule has 4 bridgehead atoms. The van der Waals surface area contributed by atoms with Crippen LogP contribution in [0.2, 0.25) is 0 Å². The van der Waals surface area contributed by atoms with Crippen LogP contribution in [-0.2, 0) is 15.4 Å². The highest BCUT2D eigenvalue weighted by Crippen LogP contribution is 2.41. The van der Waals surface area contributed by atoms with E-state index in [0.29, 0.717) is 24.1 Å². The summed E-state index contributed by atoms with van der Waals surface area (Å²) in [6.07, 6.45) is 6.20. The molecule has 2 aliphatic heterocycles. The van der Waals surface area contributed by atoms with Gasteiger partial charge < -0.3 is 10.2 Å². The molecule has 0 spiro atoms. The maximum Gasteiger partial charge on any atom is 0.281 e. The van der Waals surface area contributed by atoms with Crippen molar-refractivity contribution in [3.8, 4) is 0 Å². The minimum Gasteiger partial charge on any atom is -0.363 e. The van der Waals surface area contributed by atoms with Crippen LogP contribution in [-0.4, -0.2) is 41.4 Å². The molecular weight excluding hydrogens is 512 g/mol. The van der Waals surface area contributed by atoms with Crippen LogP contribution in [0.4, 0.5) is 11.6 Å². The van der Waals surface area contributed by atoms with Gasteiger partial charge in [0.15, 0.2) is 5.03 Å². The Morgan fingerprint density at radius 3 is 2.54 bits per heavy atom. The molecule has 2 aliphatic rings. The minimum atomic E-state index is -4.24. The van der Waals surface area contributed by atoms with E-state index in [1.807, 2.05) is 18.3 Å². The Morgan fingerprint density at radius 1 is 1.03 bits per heavy atom. The van der Waals surface area contributed by atoms with E-state index >= 15 is 0 Å². The molecular formula is C29H36N6O3S. The topological polar surface area (TPSA) is 117 Å². The van der Waals surface area contributed by atoms with Crippen LogP contribution in [0.15, 0.2) is 59.9 Å². The summed E-state index contributed by atoms with van der Waals surface area (Å²) in [6, 6.07) is 12.0. The van der Waals surface area contributed by atoms with Gasteiger partial charge in [-0.15, -0.1) is 0 Å². The highest BCUT2D eigenvalue weighted by molar-refractivity contribution is 7.90. The van der Waals surface area contributed by atoms with Gasteiger partial charge in [-0.3, -0.25) is 9.78 Å². The summed E-state index contributed by atoms with van der Waals surface area (Å²) in [4.78, 5) is 29.3. The summed E-state index contributed by atoms with van der Waals surface area (Å²) in [5.74, 6) is 0.561. The molecule has 3 aromatic rings. The number of hydrogen-bond donors (Lipinski definition) is 2. The van der Waals surface area contributed by atoms with Crippen molar-refractivity contribution in [3.05, 3.63) is 71.7 Å². The zero-order chi connectivity index (χ0) is 28.0. The normalized spacial score (nSPS) is 22.6. The van der Waals surface area contributed by atoms with E-state index in [9.17, 15) is 13.2 Å². The molecule has 39 heavy (non-hydrogen) atoms. The number of hydrogen-bond acceptors (Lipinski definition) is 8. The number of carbonyl (C=O) groups is 1. The van der Waals surface area contributed by atoms with Crippen LogP contribution >= 0.6 is 0 Å².